The lowest BCUT2D eigenvalue weighted by atomic mass is 9.84. The van der Waals surface area contributed by atoms with Gasteiger partial charge in [-0.1, -0.05) is 96.5 Å². The number of halogens is 1. The zero-order valence-corrected chi connectivity index (χ0v) is 33.2. The van der Waals surface area contributed by atoms with Gasteiger partial charge >= 0.3 is 0 Å². The first kappa shape index (κ1) is 41.1. The van der Waals surface area contributed by atoms with Gasteiger partial charge < -0.3 is 41.0 Å². The van der Waals surface area contributed by atoms with Gasteiger partial charge in [-0.25, -0.2) is 0 Å². The summed E-state index contributed by atoms with van der Waals surface area (Å²) >= 11 is 6.11. The lowest BCUT2D eigenvalue weighted by Crippen LogP contribution is -2.46. The van der Waals surface area contributed by atoms with E-state index < -0.39 is 11.9 Å². The Morgan fingerprint density at radius 1 is 0.793 bits per heavy atom. The van der Waals surface area contributed by atoms with Gasteiger partial charge in [0.1, 0.15) is 0 Å². The minimum atomic E-state index is -0.890. The van der Waals surface area contributed by atoms with Crippen molar-refractivity contribution >= 4 is 34.8 Å². The maximum Gasteiger partial charge on any atom is 0.224 e. The number of aliphatic hydroxyl groups excluding tert-OH is 1. The minimum Gasteiger partial charge on any atom is -0.397 e. The number of anilines is 2. The quantitative estimate of drug-likeness (QED) is 0.0710. The van der Waals surface area contributed by atoms with Gasteiger partial charge in [-0.2, -0.15) is 0 Å². The summed E-state index contributed by atoms with van der Waals surface area (Å²) in [5.41, 5.74) is 12.7. The van der Waals surface area contributed by atoms with E-state index in [1.165, 1.54) is 0 Å². The number of nitrogen functional groups attached to an aromatic ring is 1. The molecule has 0 aromatic heterocycles. The molecule has 58 heavy (non-hydrogen) atoms. The summed E-state index contributed by atoms with van der Waals surface area (Å²) in [5, 5.41) is 27.6. The molecule has 2 fully saturated rings. The molecule has 2 aliphatic heterocycles. The number of nitrogens with two attached hydrogens (primary N) is 1. The Balaban J connectivity index is 0.979. The van der Waals surface area contributed by atoms with E-state index in [1.54, 1.807) is 24.3 Å². The highest BCUT2D eigenvalue weighted by Crippen LogP contribution is 2.40. The number of amides is 2. The number of rotatable bonds is 14. The fourth-order valence-electron chi connectivity index (χ4n) is 7.72. The van der Waals surface area contributed by atoms with Gasteiger partial charge in [-0.3, -0.25) is 9.59 Å². The highest BCUT2D eigenvalue weighted by atomic mass is 35.5. The molecule has 2 saturated heterocycles. The molecule has 2 heterocycles. The van der Waals surface area contributed by atoms with E-state index in [9.17, 15) is 19.8 Å². The lowest BCUT2D eigenvalue weighted by Gasteiger charge is -2.42. The Labute approximate surface area is 344 Å². The van der Waals surface area contributed by atoms with E-state index in [2.05, 4.69) is 33.7 Å². The molecule has 10 nitrogen and oxygen atoms in total. The molecule has 5 aromatic rings. The smallest absolute Gasteiger partial charge is 0.224 e. The average Bonchev–Trinajstić information content (AvgIpc) is 3.25. The number of nitrogens with one attached hydrogen (secondary N) is 2. The van der Waals surface area contributed by atoms with Crippen molar-refractivity contribution in [2.75, 3.05) is 30.7 Å². The van der Waals surface area contributed by atoms with Crippen molar-refractivity contribution in [3.8, 4) is 11.1 Å². The van der Waals surface area contributed by atoms with Crippen LogP contribution in [0.3, 0.4) is 0 Å². The van der Waals surface area contributed by atoms with Gasteiger partial charge in [0.25, 0.3) is 0 Å². The summed E-state index contributed by atoms with van der Waals surface area (Å²) in [4.78, 5) is 27.4. The zero-order valence-electron chi connectivity index (χ0n) is 32.5. The van der Waals surface area contributed by atoms with Gasteiger partial charge in [0, 0.05) is 56.0 Å². The van der Waals surface area contributed by atoms with E-state index in [0.717, 1.165) is 52.0 Å². The number of aliphatic hydroxyl groups is 2. The fraction of sp³-hybridized carbons (Fsp3) is 0.319. The van der Waals surface area contributed by atoms with Crippen molar-refractivity contribution in [2.24, 2.45) is 0 Å². The maximum absolute atomic E-state index is 12.7. The van der Waals surface area contributed by atoms with E-state index in [0.29, 0.717) is 55.2 Å². The zero-order chi connectivity index (χ0) is 40.5. The Morgan fingerprint density at radius 3 is 2.24 bits per heavy atom. The summed E-state index contributed by atoms with van der Waals surface area (Å²) in [6, 6.07) is 38.7. The number of carbonyl (C=O) groups is 2. The number of carbonyl (C=O) groups excluding carboxylic acids is 2. The largest absolute Gasteiger partial charge is 0.397 e. The monoisotopic (exact) mass is 802 g/mol. The first-order chi connectivity index (χ1) is 28.1. The molecule has 0 radical (unpaired) electrons. The standard InChI is InChI=1S/C47H51ClN4O6/c48-39-20-18-38(19-21-39)47(56)22-24-52(25-23-47)30-40-28-43(34-16-14-32(31-53)15-17-34)58-46(57-40)37-9-4-8-36(27-37)35-7-3-6-33(26-35)29-50-44(54)12-5-13-45(55)51-42-11-2-1-10-41(42)49/h1-4,6-11,14-21,26-27,40,43,46,53,56H,5,12-13,22-25,28-31,49H2,(H,50,54)(H,51,55)/t40-,43+,46+/m0/s1. The number of nitrogens with zero attached hydrogens (tertiary/aromatic N) is 1. The van der Waals surface area contributed by atoms with Crippen LogP contribution in [0.1, 0.15) is 78.7 Å². The van der Waals surface area contributed by atoms with Gasteiger partial charge in [0.2, 0.25) is 11.8 Å². The third kappa shape index (κ3) is 10.7. The van der Waals surface area contributed by atoms with Crippen molar-refractivity contribution in [2.45, 2.75) is 75.8 Å². The summed E-state index contributed by atoms with van der Waals surface area (Å²) < 4.78 is 13.4. The molecule has 5 aromatic carbocycles. The number of para-hydroxylation sites is 2. The highest BCUT2D eigenvalue weighted by molar-refractivity contribution is 6.30. The third-order valence-electron chi connectivity index (χ3n) is 11.1. The van der Waals surface area contributed by atoms with Gasteiger partial charge in [0.05, 0.1) is 35.8 Å². The van der Waals surface area contributed by atoms with Crippen LogP contribution in [0.25, 0.3) is 11.1 Å². The molecule has 7 rings (SSSR count). The van der Waals surface area contributed by atoms with Crippen LogP contribution >= 0.6 is 11.6 Å². The predicted molar refractivity (Wildman–Crippen MR) is 227 cm³/mol. The summed E-state index contributed by atoms with van der Waals surface area (Å²) in [5.74, 6) is -0.304. The molecule has 0 aliphatic carbocycles. The van der Waals surface area contributed by atoms with E-state index in [4.69, 9.17) is 26.8 Å². The normalized spacial score (nSPS) is 19.3. The van der Waals surface area contributed by atoms with Crippen LogP contribution in [0.2, 0.25) is 5.02 Å². The van der Waals surface area contributed by atoms with Crippen molar-refractivity contribution in [1.82, 2.24) is 10.2 Å². The Hall–Kier alpha value is -5.07. The van der Waals surface area contributed by atoms with E-state index >= 15 is 0 Å². The molecule has 302 valence electrons. The van der Waals surface area contributed by atoms with Crippen LogP contribution in [0.5, 0.6) is 0 Å². The molecular weight excluding hydrogens is 752 g/mol. The maximum atomic E-state index is 12.7. The Bertz CT molecular complexity index is 2160. The fourth-order valence-corrected chi connectivity index (χ4v) is 7.85. The van der Waals surface area contributed by atoms with E-state index in [1.807, 2.05) is 78.9 Å². The number of benzene rings is 5. The molecule has 2 aliphatic rings. The van der Waals surface area contributed by atoms with Crippen LogP contribution in [0.4, 0.5) is 11.4 Å². The molecule has 0 saturated carbocycles. The molecule has 0 spiro atoms. The molecule has 2 amide bonds. The molecule has 0 unspecified atom stereocenters. The Kier molecular flexibility index (Phi) is 13.6. The lowest BCUT2D eigenvalue weighted by molar-refractivity contribution is -0.253. The second-order valence-electron chi connectivity index (χ2n) is 15.3. The minimum absolute atomic E-state index is 0.0237. The first-order valence-corrected chi connectivity index (χ1v) is 20.3. The summed E-state index contributed by atoms with van der Waals surface area (Å²) in [6.45, 7) is 2.50. The van der Waals surface area contributed by atoms with Crippen molar-refractivity contribution in [1.29, 1.82) is 0 Å². The van der Waals surface area contributed by atoms with Crippen LogP contribution < -0.4 is 16.4 Å². The first-order valence-electron chi connectivity index (χ1n) is 20.0. The van der Waals surface area contributed by atoms with Crippen LogP contribution in [0.15, 0.2) is 121 Å². The summed E-state index contributed by atoms with van der Waals surface area (Å²) in [7, 11) is 0. The van der Waals surface area contributed by atoms with Gasteiger partial charge in [-0.05, 0) is 89.0 Å². The third-order valence-corrected chi connectivity index (χ3v) is 11.3. The average molecular weight is 803 g/mol. The molecule has 11 heteroatoms. The van der Waals surface area contributed by atoms with Gasteiger partial charge in [-0.15, -0.1) is 0 Å². The topological polar surface area (TPSA) is 146 Å². The molecule has 0 bridgehead atoms. The van der Waals surface area contributed by atoms with Crippen LogP contribution in [0, 0.1) is 0 Å². The number of hydrogen-bond acceptors (Lipinski definition) is 8. The van der Waals surface area contributed by atoms with Gasteiger partial charge in [0.15, 0.2) is 6.29 Å². The van der Waals surface area contributed by atoms with Crippen LogP contribution in [-0.4, -0.2) is 52.7 Å². The predicted octanol–water partition coefficient (Wildman–Crippen LogP) is 8.04. The molecule has 3 atom stereocenters. The summed E-state index contributed by atoms with van der Waals surface area (Å²) in [6.07, 6.45) is 1.79. The SMILES string of the molecule is Nc1ccccc1NC(=O)CCCC(=O)NCc1cccc(-c2cccc([C@@H]3O[C@H](CN4CCC(O)(c5ccc(Cl)cc5)CC4)C[C@H](c4ccc(CO)cc4)O3)c2)c1. The second-order valence-corrected chi connectivity index (χ2v) is 15.7. The molecule has 6 N–H and O–H groups in total. The number of hydrogen-bond donors (Lipinski definition) is 5. The number of likely N-dealkylation sites (tertiary alicyclic amines) is 1. The second kappa shape index (κ2) is 19.1. The van der Waals surface area contributed by atoms with Crippen molar-refractivity contribution in [3.63, 3.8) is 0 Å². The Morgan fingerprint density at radius 2 is 1.50 bits per heavy atom. The van der Waals surface area contributed by atoms with Crippen molar-refractivity contribution in [3.05, 3.63) is 154 Å². The highest BCUT2D eigenvalue weighted by Gasteiger charge is 2.37. The molecular formula is C47H51ClN4O6. The van der Waals surface area contributed by atoms with E-state index in [-0.39, 0.29) is 43.5 Å². The van der Waals surface area contributed by atoms with Crippen LogP contribution in [-0.2, 0) is 37.8 Å². The number of ether oxygens (including phenoxy) is 2. The van der Waals surface area contributed by atoms with Crippen molar-refractivity contribution < 1.29 is 29.3 Å². The number of piperidine rings is 1.